The first-order valence-electron chi connectivity index (χ1n) is 2.59. The van der Waals surface area contributed by atoms with Crippen LogP contribution in [0.15, 0.2) is 11.6 Å². The van der Waals surface area contributed by atoms with Crippen molar-refractivity contribution in [3.63, 3.8) is 0 Å². The standard InChI is InChI=1S/C6H9ClO2/c1-4(2)9-6(8)5(3)7/h4H,3H2,1-2H3. The lowest BCUT2D eigenvalue weighted by Crippen LogP contribution is -2.10. The van der Waals surface area contributed by atoms with Crippen molar-refractivity contribution in [3.05, 3.63) is 11.6 Å². The molecule has 0 aromatic rings. The molecule has 0 unspecified atom stereocenters. The lowest BCUT2D eigenvalue weighted by atomic mass is 10.5. The van der Waals surface area contributed by atoms with Gasteiger partial charge in [0.05, 0.1) is 6.10 Å². The zero-order chi connectivity index (χ0) is 7.44. The molecule has 0 aliphatic rings. The summed E-state index contributed by atoms with van der Waals surface area (Å²) in [4.78, 5) is 10.5. The van der Waals surface area contributed by atoms with Gasteiger partial charge in [0.2, 0.25) is 0 Å². The van der Waals surface area contributed by atoms with Gasteiger partial charge in [-0.15, -0.1) is 0 Å². The van der Waals surface area contributed by atoms with Crippen molar-refractivity contribution < 1.29 is 9.53 Å². The number of ether oxygens (including phenoxy) is 1. The number of esters is 1. The van der Waals surface area contributed by atoms with Crippen LogP contribution in [-0.2, 0) is 9.53 Å². The number of hydrogen-bond acceptors (Lipinski definition) is 2. The summed E-state index contributed by atoms with van der Waals surface area (Å²) in [5.74, 6) is -0.549. The van der Waals surface area contributed by atoms with Crippen molar-refractivity contribution in [1.29, 1.82) is 0 Å². The Bertz CT molecular complexity index is 129. The first-order valence-corrected chi connectivity index (χ1v) is 2.97. The first-order chi connectivity index (χ1) is 4.04. The van der Waals surface area contributed by atoms with E-state index in [0.29, 0.717) is 0 Å². The third-order valence-corrected chi connectivity index (χ3v) is 0.719. The van der Waals surface area contributed by atoms with Crippen molar-refractivity contribution >= 4 is 17.6 Å². The van der Waals surface area contributed by atoms with Gasteiger partial charge in [0.1, 0.15) is 5.03 Å². The molecule has 0 saturated carbocycles. The Labute approximate surface area is 59.5 Å². The molecule has 0 atom stereocenters. The maximum Gasteiger partial charge on any atom is 0.349 e. The van der Waals surface area contributed by atoms with Crippen LogP contribution in [0.2, 0.25) is 0 Å². The van der Waals surface area contributed by atoms with E-state index < -0.39 is 5.97 Å². The maximum atomic E-state index is 10.5. The highest BCUT2D eigenvalue weighted by molar-refractivity contribution is 6.40. The number of halogens is 1. The van der Waals surface area contributed by atoms with Crippen LogP contribution in [0.5, 0.6) is 0 Å². The van der Waals surface area contributed by atoms with Crippen LogP contribution >= 0.6 is 11.6 Å². The van der Waals surface area contributed by atoms with Crippen molar-refractivity contribution in [2.24, 2.45) is 0 Å². The number of carbonyl (C=O) groups is 1. The summed E-state index contributed by atoms with van der Waals surface area (Å²) >= 11 is 5.20. The van der Waals surface area contributed by atoms with Gasteiger partial charge < -0.3 is 4.74 Å². The quantitative estimate of drug-likeness (QED) is 0.440. The highest BCUT2D eigenvalue weighted by Gasteiger charge is 2.05. The third-order valence-electron chi connectivity index (χ3n) is 0.564. The van der Waals surface area contributed by atoms with Gasteiger partial charge in [-0.2, -0.15) is 0 Å². The van der Waals surface area contributed by atoms with E-state index in [-0.39, 0.29) is 11.1 Å². The van der Waals surface area contributed by atoms with Gasteiger partial charge in [0.15, 0.2) is 0 Å². The minimum absolute atomic E-state index is 0.0799. The van der Waals surface area contributed by atoms with Gasteiger partial charge in [-0.1, -0.05) is 18.2 Å². The van der Waals surface area contributed by atoms with Crippen molar-refractivity contribution in [2.45, 2.75) is 20.0 Å². The summed E-state index contributed by atoms with van der Waals surface area (Å²) in [6.45, 7) is 6.69. The van der Waals surface area contributed by atoms with Crippen LogP contribution in [0.4, 0.5) is 0 Å². The number of rotatable bonds is 2. The van der Waals surface area contributed by atoms with Crippen LogP contribution in [0.3, 0.4) is 0 Å². The summed E-state index contributed by atoms with van der Waals surface area (Å²) in [7, 11) is 0. The molecule has 3 heteroatoms. The zero-order valence-electron chi connectivity index (χ0n) is 5.48. The monoisotopic (exact) mass is 148 g/mol. The molecule has 0 rings (SSSR count). The summed E-state index contributed by atoms with van der Waals surface area (Å²) in [5.41, 5.74) is 0. The lowest BCUT2D eigenvalue weighted by molar-refractivity contribution is -0.141. The fraction of sp³-hybridized carbons (Fsp3) is 0.500. The fourth-order valence-corrected chi connectivity index (χ4v) is 0.323. The fourth-order valence-electron chi connectivity index (χ4n) is 0.278. The Kier molecular flexibility index (Phi) is 3.32. The minimum atomic E-state index is -0.549. The first kappa shape index (κ1) is 8.50. The van der Waals surface area contributed by atoms with Crippen LogP contribution in [0.1, 0.15) is 13.8 Å². The van der Waals surface area contributed by atoms with Gasteiger partial charge in [-0.3, -0.25) is 0 Å². The van der Waals surface area contributed by atoms with Gasteiger partial charge in [-0.05, 0) is 13.8 Å². The molecule has 52 valence electrons. The van der Waals surface area contributed by atoms with Gasteiger partial charge in [0.25, 0.3) is 0 Å². The van der Waals surface area contributed by atoms with Crippen LogP contribution in [-0.4, -0.2) is 12.1 Å². The van der Waals surface area contributed by atoms with Crippen LogP contribution < -0.4 is 0 Å². The van der Waals surface area contributed by atoms with Crippen molar-refractivity contribution in [1.82, 2.24) is 0 Å². The van der Waals surface area contributed by atoms with Crippen molar-refractivity contribution in [3.8, 4) is 0 Å². The Morgan fingerprint density at radius 3 is 2.22 bits per heavy atom. The second kappa shape index (κ2) is 3.51. The third kappa shape index (κ3) is 4.03. The predicted molar refractivity (Wildman–Crippen MR) is 36.2 cm³/mol. The summed E-state index contributed by atoms with van der Waals surface area (Å²) in [6.07, 6.45) is -0.131. The molecule has 2 nitrogen and oxygen atoms in total. The average Bonchev–Trinajstić information content (AvgIpc) is 1.63. The summed E-state index contributed by atoms with van der Waals surface area (Å²) in [6, 6.07) is 0. The van der Waals surface area contributed by atoms with E-state index in [4.69, 9.17) is 11.6 Å². The molecule has 0 bridgehead atoms. The van der Waals surface area contributed by atoms with Gasteiger partial charge in [-0.25, -0.2) is 4.79 Å². The largest absolute Gasteiger partial charge is 0.459 e. The molecule has 0 amide bonds. The van der Waals surface area contributed by atoms with Crippen LogP contribution in [0, 0.1) is 0 Å². The molecule has 0 aliphatic carbocycles. The van der Waals surface area contributed by atoms with E-state index in [1.54, 1.807) is 13.8 Å². The Balaban J connectivity index is 3.65. The smallest absolute Gasteiger partial charge is 0.349 e. The lowest BCUT2D eigenvalue weighted by Gasteiger charge is -2.04. The topological polar surface area (TPSA) is 26.3 Å². The molecule has 0 heterocycles. The molecule has 0 aromatic heterocycles. The Hall–Kier alpha value is -0.500. The van der Waals surface area contributed by atoms with Gasteiger partial charge >= 0.3 is 5.97 Å². The molecule has 9 heavy (non-hydrogen) atoms. The molecule has 0 aliphatic heterocycles. The molecule has 0 fully saturated rings. The number of hydrogen-bond donors (Lipinski definition) is 0. The minimum Gasteiger partial charge on any atom is -0.459 e. The van der Waals surface area contributed by atoms with Crippen LogP contribution in [0.25, 0.3) is 0 Å². The van der Waals surface area contributed by atoms with E-state index in [9.17, 15) is 4.79 Å². The highest BCUT2D eigenvalue weighted by Crippen LogP contribution is 2.01. The SMILES string of the molecule is C=C(Cl)C(=O)OC(C)C. The predicted octanol–water partition coefficient (Wildman–Crippen LogP) is 1.69. The molecule has 0 saturated heterocycles. The Morgan fingerprint density at radius 2 is 2.11 bits per heavy atom. The molecule has 0 spiro atoms. The van der Waals surface area contributed by atoms with E-state index in [0.717, 1.165) is 0 Å². The molecular formula is C6H9ClO2. The normalized spacial score (nSPS) is 9.33. The summed E-state index contributed by atoms with van der Waals surface area (Å²) < 4.78 is 4.64. The van der Waals surface area contributed by atoms with E-state index in [2.05, 4.69) is 11.3 Å². The zero-order valence-corrected chi connectivity index (χ0v) is 6.23. The second-order valence-electron chi connectivity index (χ2n) is 1.86. The van der Waals surface area contributed by atoms with E-state index in [1.807, 2.05) is 0 Å². The summed E-state index contributed by atoms with van der Waals surface area (Å²) in [5, 5.41) is -0.0799. The Morgan fingerprint density at radius 1 is 1.67 bits per heavy atom. The maximum absolute atomic E-state index is 10.5. The highest BCUT2D eigenvalue weighted by atomic mass is 35.5. The molecule has 0 aromatic carbocycles. The molecule has 0 radical (unpaired) electrons. The van der Waals surface area contributed by atoms with E-state index in [1.165, 1.54) is 0 Å². The molecule has 0 N–H and O–H groups in total. The number of carbonyl (C=O) groups excluding carboxylic acids is 1. The van der Waals surface area contributed by atoms with Gasteiger partial charge in [0, 0.05) is 0 Å². The van der Waals surface area contributed by atoms with Crippen molar-refractivity contribution in [2.75, 3.05) is 0 Å². The average molecular weight is 149 g/mol. The van der Waals surface area contributed by atoms with E-state index >= 15 is 0 Å². The second-order valence-corrected chi connectivity index (χ2v) is 2.32. The molecular weight excluding hydrogens is 140 g/mol.